The normalized spacial score (nSPS) is 18.4. The first-order chi connectivity index (χ1) is 10.2. The van der Waals surface area contributed by atoms with Crippen molar-refractivity contribution in [2.45, 2.75) is 45.6 Å². The van der Waals surface area contributed by atoms with E-state index >= 15 is 0 Å². The average molecular weight is 305 g/mol. The summed E-state index contributed by atoms with van der Waals surface area (Å²) >= 11 is 1.63. The van der Waals surface area contributed by atoms with E-state index in [1.165, 1.54) is 0 Å². The fourth-order valence-corrected chi connectivity index (χ4v) is 3.51. The van der Waals surface area contributed by atoms with Gasteiger partial charge in [0.2, 0.25) is 5.91 Å². The number of rotatable bonds is 4. The van der Waals surface area contributed by atoms with Gasteiger partial charge in [0.1, 0.15) is 11.5 Å². The predicted molar refractivity (Wildman–Crippen MR) is 80.1 cm³/mol. The van der Waals surface area contributed by atoms with Crippen molar-refractivity contribution in [3.05, 3.63) is 33.6 Å². The third kappa shape index (κ3) is 3.00. The van der Waals surface area contributed by atoms with E-state index in [0.717, 1.165) is 48.0 Å². The van der Waals surface area contributed by atoms with Gasteiger partial charge in [-0.25, -0.2) is 4.98 Å². The molecule has 112 valence electrons. The van der Waals surface area contributed by atoms with E-state index in [1.54, 1.807) is 11.3 Å². The smallest absolute Gasteiger partial charge is 0.229 e. The molecule has 1 aliphatic heterocycles. The second-order valence-corrected chi connectivity index (χ2v) is 6.31. The Bertz CT molecular complexity index is 634. The maximum absolute atomic E-state index is 12.5. The van der Waals surface area contributed by atoms with Crippen molar-refractivity contribution in [1.29, 1.82) is 0 Å². The molecule has 0 spiro atoms. The molecule has 2 aromatic rings. The Morgan fingerprint density at radius 1 is 1.57 bits per heavy atom. The van der Waals surface area contributed by atoms with E-state index in [2.05, 4.69) is 17.1 Å². The summed E-state index contributed by atoms with van der Waals surface area (Å²) < 4.78 is 5.14. The number of likely N-dealkylation sites (tertiary alicyclic amines) is 1. The Morgan fingerprint density at radius 2 is 2.43 bits per heavy atom. The third-order valence-corrected chi connectivity index (χ3v) is 4.84. The molecule has 3 heterocycles. The Kier molecular flexibility index (Phi) is 4.05. The minimum absolute atomic E-state index is 0.0548. The summed E-state index contributed by atoms with van der Waals surface area (Å²) in [6.07, 6.45) is 3.27. The molecule has 0 saturated carbocycles. The van der Waals surface area contributed by atoms with Gasteiger partial charge in [0.15, 0.2) is 0 Å². The van der Waals surface area contributed by atoms with Crippen LogP contribution in [0.15, 0.2) is 16.0 Å². The Balaban J connectivity index is 1.71. The van der Waals surface area contributed by atoms with Crippen molar-refractivity contribution in [2.24, 2.45) is 0 Å². The molecule has 1 unspecified atom stereocenters. The maximum atomic E-state index is 12.5. The van der Waals surface area contributed by atoms with Gasteiger partial charge in [-0.05, 0) is 26.2 Å². The topological polar surface area (TPSA) is 59.2 Å². The number of thiazole rings is 1. The molecular weight excluding hydrogens is 286 g/mol. The maximum Gasteiger partial charge on any atom is 0.229 e. The molecule has 0 aromatic carbocycles. The monoisotopic (exact) mass is 305 g/mol. The van der Waals surface area contributed by atoms with Crippen LogP contribution >= 0.6 is 11.3 Å². The minimum Gasteiger partial charge on any atom is -0.361 e. The molecule has 1 amide bonds. The molecule has 1 aliphatic rings. The molecule has 0 aliphatic carbocycles. The lowest BCUT2D eigenvalue weighted by molar-refractivity contribution is -0.131. The highest BCUT2D eigenvalue weighted by atomic mass is 32.1. The molecule has 3 rings (SSSR count). The largest absolute Gasteiger partial charge is 0.361 e. The van der Waals surface area contributed by atoms with Crippen LogP contribution in [0, 0.1) is 6.92 Å². The summed E-state index contributed by atoms with van der Waals surface area (Å²) in [6.45, 7) is 4.74. The van der Waals surface area contributed by atoms with E-state index in [9.17, 15) is 4.79 Å². The number of aromatic nitrogens is 2. The quantitative estimate of drug-likeness (QED) is 0.871. The SMILES string of the molecule is CCc1nc(CC(=O)N2CCCC2c2cc(C)on2)cs1. The van der Waals surface area contributed by atoms with Crippen LogP contribution in [-0.2, 0) is 17.6 Å². The summed E-state index contributed by atoms with van der Waals surface area (Å²) in [5.41, 5.74) is 1.75. The molecule has 6 heteroatoms. The summed E-state index contributed by atoms with van der Waals surface area (Å²) in [6, 6.07) is 1.98. The number of hydrogen-bond acceptors (Lipinski definition) is 5. The van der Waals surface area contributed by atoms with E-state index < -0.39 is 0 Å². The van der Waals surface area contributed by atoms with Crippen molar-refractivity contribution in [3.8, 4) is 0 Å². The lowest BCUT2D eigenvalue weighted by Crippen LogP contribution is -2.32. The van der Waals surface area contributed by atoms with Crippen LogP contribution in [0.3, 0.4) is 0 Å². The van der Waals surface area contributed by atoms with Crippen molar-refractivity contribution in [2.75, 3.05) is 6.54 Å². The van der Waals surface area contributed by atoms with Gasteiger partial charge in [0, 0.05) is 18.0 Å². The highest BCUT2D eigenvalue weighted by Gasteiger charge is 2.32. The van der Waals surface area contributed by atoms with Gasteiger partial charge in [0.25, 0.3) is 0 Å². The highest BCUT2D eigenvalue weighted by Crippen LogP contribution is 2.32. The van der Waals surface area contributed by atoms with Crippen molar-refractivity contribution in [3.63, 3.8) is 0 Å². The van der Waals surface area contributed by atoms with Gasteiger partial charge in [-0.1, -0.05) is 12.1 Å². The summed E-state index contributed by atoms with van der Waals surface area (Å²) in [7, 11) is 0. The third-order valence-electron chi connectivity index (χ3n) is 3.79. The number of hydrogen-bond donors (Lipinski definition) is 0. The van der Waals surface area contributed by atoms with Crippen molar-refractivity contribution in [1.82, 2.24) is 15.0 Å². The Morgan fingerprint density at radius 3 is 3.10 bits per heavy atom. The molecule has 0 bridgehead atoms. The Labute approximate surface area is 128 Å². The molecule has 1 saturated heterocycles. The fourth-order valence-electron chi connectivity index (χ4n) is 2.76. The number of nitrogens with zero attached hydrogens (tertiary/aromatic N) is 3. The number of carbonyl (C=O) groups excluding carboxylic acids is 1. The van der Waals surface area contributed by atoms with Crippen LogP contribution in [0.1, 0.15) is 48.0 Å². The van der Waals surface area contributed by atoms with Crippen molar-refractivity contribution < 1.29 is 9.32 Å². The summed E-state index contributed by atoms with van der Waals surface area (Å²) in [4.78, 5) is 18.9. The van der Waals surface area contributed by atoms with Gasteiger partial charge < -0.3 is 9.42 Å². The average Bonchev–Trinajstić information content (AvgIpc) is 3.17. The zero-order valence-corrected chi connectivity index (χ0v) is 13.2. The molecule has 2 aromatic heterocycles. The second kappa shape index (κ2) is 5.97. The van der Waals surface area contributed by atoms with Gasteiger partial charge in [-0.3, -0.25) is 4.79 Å². The first-order valence-corrected chi connectivity index (χ1v) is 8.21. The van der Waals surface area contributed by atoms with E-state index in [4.69, 9.17) is 4.52 Å². The predicted octanol–water partition coefficient (Wildman–Crippen LogP) is 2.91. The van der Waals surface area contributed by atoms with E-state index in [0.29, 0.717) is 6.42 Å². The van der Waals surface area contributed by atoms with Crippen LogP contribution in [0.25, 0.3) is 0 Å². The molecule has 5 nitrogen and oxygen atoms in total. The van der Waals surface area contributed by atoms with Crippen LogP contribution in [0.5, 0.6) is 0 Å². The molecule has 21 heavy (non-hydrogen) atoms. The number of carbonyl (C=O) groups is 1. The van der Waals surface area contributed by atoms with Crippen LogP contribution in [-0.4, -0.2) is 27.5 Å². The first-order valence-electron chi connectivity index (χ1n) is 7.33. The molecule has 0 radical (unpaired) electrons. The lowest BCUT2D eigenvalue weighted by Gasteiger charge is -2.22. The zero-order chi connectivity index (χ0) is 14.8. The molecule has 1 fully saturated rings. The van der Waals surface area contributed by atoms with Crippen LogP contribution in [0.2, 0.25) is 0 Å². The standard InChI is InChI=1S/C15H19N3O2S/c1-3-14-16-11(9-21-14)8-15(19)18-6-4-5-13(18)12-7-10(2)20-17-12/h7,9,13H,3-6,8H2,1-2H3. The molecular formula is C15H19N3O2S. The van der Waals surface area contributed by atoms with Gasteiger partial charge >= 0.3 is 0 Å². The molecule has 0 N–H and O–H groups in total. The van der Waals surface area contributed by atoms with E-state index in [1.807, 2.05) is 23.3 Å². The minimum atomic E-state index is 0.0548. The highest BCUT2D eigenvalue weighted by molar-refractivity contribution is 7.09. The van der Waals surface area contributed by atoms with Crippen molar-refractivity contribution >= 4 is 17.2 Å². The molecule has 1 atom stereocenters. The number of amides is 1. The van der Waals surface area contributed by atoms with E-state index in [-0.39, 0.29) is 11.9 Å². The lowest BCUT2D eigenvalue weighted by atomic mass is 10.1. The van der Waals surface area contributed by atoms with Gasteiger partial charge in [-0.2, -0.15) is 0 Å². The first kappa shape index (κ1) is 14.3. The number of aryl methyl sites for hydroxylation is 2. The van der Waals surface area contributed by atoms with Crippen LogP contribution < -0.4 is 0 Å². The fraction of sp³-hybridized carbons (Fsp3) is 0.533. The zero-order valence-electron chi connectivity index (χ0n) is 12.3. The van der Waals surface area contributed by atoms with Crippen LogP contribution in [0.4, 0.5) is 0 Å². The Hall–Kier alpha value is -1.69. The summed E-state index contributed by atoms with van der Waals surface area (Å²) in [5.74, 6) is 0.919. The second-order valence-electron chi connectivity index (χ2n) is 5.37. The van der Waals surface area contributed by atoms with Gasteiger partial charge in [0.05, 0.1) is 23.2 Å². The summed E-state index contributed by atoms with van der Waals surface area (Å²) in [5, 5.41) is 7.15. The van der Waals surface area contributed by atoms with Gasteiger partial charge in [-0.15, -0.1) is 11.3 Å².